The lowest BCUT2D eigenvalue weighted by atomic mass is 10.0. The van der Waals surface area contributed by atoms with E-state index in [1.165, 1.54) is 33.4 Å². The van der Waals surface area contributed by atoms with Gasteiger partial charge in [0.1, 0.15) is 5.76 Å². The average molecular weight is 271 g/mol. The van der Waals surface area contributed by atoms with E-state index in [4.69, 9.17) is 6.42 Å². The summed E-state index contributed by atoms with van der Waals surface area (Å²) in [5.74, 6) is 2.47. The van der Waals surface area contributed by atoms with Gasteiger partial charge in [-0.3, -0.25) is 0 Å². The molecule has 0 radical (unpaired) electrons. The first-order valence-corrected chi connectivity index (χ1v) is 6.86. The molecule has 0 spiro atoms. The van der Waals surface area contributed by atoms with Crippen LogP contribution in [0.5, 0.6) is 0 Å². The molecule has 1 aliphatic rings. The van der Waals surface area contributed by atoms with Crippen LogP contribution in [0.15, 0.2) is 60.4 Å². The minimum atomic E-state index is 0.125. The van der Waals surface area contributed by atoms with Crippen LogP contribution in [0, 0.1) is 12.3 Å². The number of allylic oxidation sites excluding steroid dienone is 3. The zero-order valence-electron chi connectivity index (χ0n) is 11.4. The maximum Gasteiger partial charge on any atom is 0.124 e. The van der Waals surface area contributed by atoms with Crippen molar-refractivity contribution in [3.63, 3.8) is 0 Å². The smallest absolute Gasteiger partial charge is 0.124 e. The fourth-order valence-corrected chi connectivity index (χ4v) is 3.22. The highest BCUT2D eigenvalue weighted by Crippen LogP contribution is 2.40. The fraction of sp³-hybridized carbons (Fsp3) is 0.0526. The van der Waals surface area contributed by atoms with Crippen LogP contribution in [-0.4, -0.2) is 9.67 Å². The zero-order chi connectivity index (χ0) is 14.4. The van der Waals surface area contributed by atoms with Crippen molar-refractivity contribution in [2.24, 2.45) is 0 Å². The number of para-hydroxylation sites is 2. The van der Waals surface area contributed by atoms with Crippen molar-refractivity contribution < 1.29 is 5.11 Å². The SMILES string of the molecule is C#C/C=C(O)\C=C1/Cn2c3ccccc3c3cccc1c32. The molecule has 2 heterocycles. The average Bonchev–Trinajstić information content (AvgIpc) is 3.01. The molecule has 0 fully saturated rings. The van der Waals surface area contributed by atoms with Crippen LogP contribution in [0.2, 0.25) is 0 Å². The number of hydrogen-bond acceptors (Lipinski definition) is 1. The lowest BCUT2D eigenvalue weighted by Crippen LogP contribution is -1.91. The maximum absolute atomic E-state index is 9.83. The number of benzene rings is 2. The molecule has 0 amide bonds. The van der Waals surface area contributed by atoms with E-state index in [1.54, 1.807) is 6.08 Å². The van der Waals surface area contributed by atoms with Crippen LogP contribution in [-0.2, 0) is 6.54 Å². The number of aliphatic hydroxyl groups is 1. The van der Waals surface area contributed by atoms with E-state index in [1.807, 2.05) is 0 Å². The highest BCUT2D eigenvalue weighted by Gasteiger charge is 2.22. The third kappa shape index (κ3) is 1.61. The molecule has 0 bridgehead atoms. The number of terminal acetylenes is 1. The van der Waals surface area contributed by atoms with Crippen molar-refractivity contribution in [3.05, 3.63) is 65.9 Å². The molecule has 2 aromatic carbocycles. The topological polar surface area (TPSA) is 25.2 Å². The molecule has 0 aliphatic carbocycles. The molecule has 1 N–H and O–H groups in total. The van der Waals surface area contributed by atoms with Crippen LogP contribution in [0.1, 0.15) is 5.56 Å². The molecule has 0 unspecified atom stereocenters. The second-order valence-electron chi connectivity index (χ2n) is 5.21. The number of nitrogens with zero attached hydrogens (tertiary/aromatic N) is 1. The minimum absolute atomic E-state index is 0.125. The van der Waals surface area contributed by atoms with Crippen LogP contribution in [0.25, 0.3) is 27.4 Å². The standard InChI is InChI=1S/C19H13NO/c1-2-6-14(21)11-13-12-20-18-10-4-3-7-16(18)17-9-5-8-15(13)19(17)20/h1,3-11,21H,12H2/b13-11+,14-6+. The van der Waals surface area contributed by atoms with Gasteiger partial charge in [-0.05, 0) is 17.7 Å². The number of fused-ring (bicyclic) bond motifs is 3. The molecule has 0 saturated heterocycles. The maximum atomic E-state index is 9.83. The first kappa shape index (κ1) is 11.9. The molecule has 0 atom stereocenters. The van der Waals surface area contributed by atoms with Crippen molar-refractivity contribution >= 4 is 27.4 Å². The molecule has 100 valence electrons. The van der Waals surface area contributed by atoms with Gasteiger partial charge in [0.05, 0.1) is 5.52 Å². The molecule has 0 saturated carbocycles. The van der Waals surface area contributed by atoms with Crippen molar-refractivity contribution in [2.45, 2.75) is 6.54 Å². The van der Waals surface area contributed by atoms with Gasteiger partial charge in [-0.1, -0.05) is 42.3 Å². The largest absolute Gasteiger partial charge is 0.507 e. The Kier molecular flexibility index (Phi) is 2.43. The zero-order valence-corrected chi connectivity index (χ0v) is 11.4. The minimum Gasteiger partial charge on any atom is -0.507 e. The van der Waals surface area contributed by atoms with Crippen LogP contribution in [0.3, 0.4) is 0 Å². The summed E-state index contributed by atoms with van der Waals surface area (Å²) >= 11 is 0. The highest BCUT2D eigenvalue weighted by atomic mass is 16.3. The van der Waals surface area contributed by atoms with Gasteiger partial charge in [0.25, 0.3) is 0 Å². The van der Waals surface area contributed by atoms with E-state index < -0.39 is 0 Å². The summed E-state index contributed by atoms with van der Waals surface area (Å²) < 4.78 is 2.30. The van der Waals surface area contributed by atoms with Gasteiger partial charge in [-0.15, -0.1) is 6.42 Å². The number of aliphatic hydroxyl groups excluding tert-OH is 1. The van der Waals surface area contributed by atoms with E-state index in [2.05, 4.69) is 53.0 Å². The van der Waals surface area contributed by atoms with Crippen LogP contribution in [0.4, 0.5) is 0 Å². The van der Waals surface area contributed by atoms with E-state index >= 15 is 0 Å². The Morgan fingerprint density at radius 1 is 1.14 bits per heavy atom. The predicted octanol–water partition coefficient (Wildman–Crippen LogP) is 4.27. The summed E-state index contributed by atoms with van der Waals surface area (Å²) in [6.07, 6.45) is 8.33. The Balaban J connectivity index is 2.04. The molecule has 2 heteroatoms. The summed E-state index contributed by atoms with van der Waals surface area (Å²) in [6, 6.07) is 14.7. The predicted molar refractivity (Wildman–Crippen MR) is 87.0 cm³/mol. The van der Waals surface area contributed by atoms with Crippen molar-refractivity contribution in [1.82, 2.24) is 4.57 Å². The fourth-order valence-electron chi connectivity index (χ4n) is 3.22. The first-order chi connectivity index (χ1) is 10.3. The summed E-state index contributed by atoms with van der Waals surface area (Å²) in [5.41, 5.74) is 4.72. The molecule has 1 aromatic heterocycles. The summed E-state index contributed by atoms with van der Waals surface area (Å²) in [5, 5.41) is 12.4. The van der Waals surface area contributed by atoms with Gasteiger partial charge in [0.15, 0.2) is 0 Å². The summed E-state index contributed by atoms with van der Waals surface area (Å²) in [6.45, 7) is 0.756. The molecule has 21 heavy (non-hydrogen) atoms. The Morgan fingerprint density at radius 3 is 2.81 bits per heavy atom. The van der Waals surface area contributed by atoms with Gasteiger partial charge < -0.3 is 9.67 Å². The Bertz CT molecular complexity index is 980. The van der Waals surface area contributed by atoms with Gasteiger partial charge >= 0.3 is 0 Å². The van der Waals surface area contributed by atoms with Crippen LogP contribution >= 0.6 is 0 Å². The van der Waals surface area contributed by atoms with Gasteiger partial charge in [0.2, 0.25) is 0 Å². The van der Waals surface area contributed by atoms with E-state index in [-0.39, 0.29) is 5.76 Å². The molecular weight excluding hydrogens is 258 g/mol. The monoisotopic (exact) mass is 271 g/mol. The van der Waals surface area contributed by atoms with E-state index in [9.17, 15) is 5.11 Å². The molecular formula is C19H13NO. The van der Waals surface area contributed by atoms with Gasteiger partial charge in [-0.2, -0.15) is 0 Å². The van der Waals surface area contributed by atoms with Crippen LogP contribution < -0.4 is 0 Å². The lowest BCUT2D eigenvalue weighted by molar-refractivity contribution is 0.433. The van der Waals surface area contributed by atoms with Crippen molar-refractivity contribution in [2.75, 3.05) is 0 Å². The van der Waals surface area contributed by atoms with Crippen molar-refractivity contribution in [3.8, 4) is 12.3 Å². The Hall–Kier alpha value is -2.92. The summed E-state index contributed by atoms with van der Waals surface area (Å²) in [7, 11) is 0. The number of aromatic nitrogens is 1. The van der Waals surface area contributed by atoms with Gasteiger partial charge in [-0.25, -0.2) is 0 Å². The van der Waals surface area contributed by atoms with E-state index in [0.717, 1.165) is 12.1 Å². The number of hydrogen-bond donors (Lipinski definition) is 1. The highest BCUT2D eigenvalue weighted by molar-refractivity contribution is 6.13. The molecule has 3 aromatic rings. The molecule has 4 rings (SSSR count). The lowest BCUT2D eigenvalue weighted by Gasteiger charge is -2.02. The first-order valence-electron chi connectivity index (χ1n) is 6.86. The molecule has 2 nitrogen and oxygen atoms in total. The Labute approximate surface area is 122 Å². The number of rotatable bonds is 1. The third-order valence-corrected chi connectivity index (χ3v) is 4.02. The van der Waals surface area contributed by atoms with Crippen molar-refractivity contribution in [1.29, 1.82) is 0 Å². The van der Waals surface area contributed by atoms with E-state index in [0.29, 0.717) is 0 Å². The molecule has 1 aliphatic heterocycles. The second kappa shape index (κ2) is 4.29. The van der Waals surface area contributed by atoms with Gasteiger partial charge in [0, 0.05) is 34.5 Å². The Morgan fingerprint density at radius 2 is 1.95 bits per heavy atom. The quantitative estimate of drug-likeness (QED) is 0.519. The normalized spacial score (nSPS) is 16.0. The summed E-state index contributed by atoms with van der Waals surface area (Å²) in [4.78, 5) is 0. The third-order valence-electron chi connectivity index (χ3n) is 4.02. The second-order valence-corrected chi connectivity index (χ2v) is 5.21.